The monoisotopic (exact) mass is 274 g/mol. The molecule has 2 heteroatoms. The highest BCUT2D eigenvalue weighted by molar-refractivity contribution is 6.09. The summed E-state index contributed by atoms with van der Waals surface area (Å²) < 4.78 is 2.19. The minimum atomic E-state index is 0.795. The number of nitrogens with zero attached hydrogens (tertiary/aromatic N) is 1. The van der Waals surface area contributed by atoms with Gasteiger partial charge in [0.25, 0.3) is 0 Å². The third-order valence-electron chi connectivity index (χ3n) is 3.70. The van der Waals surface area contributed by atoms with E-state index in [9.17, 15) is 0 Å². The van der Waals surface area contributed by atoms with Gasteiger partial charge >= 0.3 is 0 Å². The lowest BCUT2D eigenvalue weighted by molar-refractivity contribution is 1.01. The standard InChI is InChI=1S/C19H18N2/c1-3-4-5-6-7-14-8-11-18-17(12-14)16-10-9-15(20)13-19(16)21(18)2/h3-13H,1,20H2,2H3/b5-4-,7-6?. The van der Waals surface area contributed by atoms with Crippen LogP contribution in [0.3, 0.4) is 0 Å². The number of nitrogen functional groups attached to an aromatic ring is 1. The molecule has 3 rings (SSSR count). The Kier molecular flexibility index (Phi) is 3.36. The summed E-state index contributed by atoms with van der Waals surface area (Å²) in [7, 11) is 2.08. The summed E-state index contributed by atoms with van der Waals surface area (Å²) in [6, 6.07) is 12.6. The van der Waals surface area contributed by atoms with E-state index in [1.807, 2.05) is 30.4 Å². The summed E-state index contributed by atoms with van der Waals surface area (Å²) in [5.41, 5.74) is 10.3. The molecule has 0 unspecified atom stereocenters. The molecule has 0 spiro atoms. The van der Waals surface area contributed by atoms with Crippen molar-refractivity contribution in [1.82, 2.24) is 4.57 Å². The third-order valence-corrected chi connectivity index (χ3v) is 3.70. The first kappa shape index (κ1) is 13.3. The van der Waals surface area contributed by atoms with Crippen LogP contribution in [0.2, 0.25) is 0 Å². The van der Waals surface area contributed by atoms with E-state index in [0.29, 0.717) is 0 Å². The number of aryl methyl sites for hydroxylation is 1. The summed E-state index contributed by atoms with van der Waals surface area (Å²) >= 11 is 0. The van der Waals surface area contributed by atoms with E-state index in [2.05, 4.69) is 48.5 Å². The van der Waals surface area contributed by atoms with Gasteiger partial charge in [-0.15, -0.1) is 0 Å². The second-order valence-electron chi connectivity index (χ2n) is 5.09. The van der Waals surface area contributed by atoms with Crippen molar-refractivity contribution < 1.29 is 0 Å². The van der Waals surface area contributed by atoms with Gasteiger partial charge in [-0.05, 0) is 29.8 Å². The second kappa shape index (κ2) is 5.33. The predicted octanol–water partition coefficient (Wildman–Crippen LogP) is 4.67. The Morgan fingerprint density at radius 2 is 1.81 bits per heavy atom. The SMILES string of the molecule is C=C/C=C\C=Cc1ccc2c(c1)c1ccc(N)cc1n2C. The lowest BCUT2D eigenvalue weighted by Gasteiger charge is -1.98. The fraction of sp³-hybridized carbons (Fsp3) is 0.0526. The molecule has 0 amide bonds. The maximum atomic E-state index is 5.90. The van der Waals surface area contributed by atoms with Gasteiger partial charge in [0, 0.05) is 29.0 Å². The number of benzene rings is 2. The second-order valence-corrected chi connectivity index (χ2v) is 5.09. The van der Waals surface area contributed by atoms with Gasteiger partial charge in [0.15, 0.2) is 0 Å². The predicted molar refractivity (Wildman–Crippen MR) is 93.2 cm³/mol. The Hall–Kier alpha value is -2.74. The minimum Gasteiger partial charge on any atom is -0.399 e. The molecule has 0 aliphatic carbocycles. The number of allylic oxidation sites excluding steroid dienone is 4. The first-order valence-corrected chi connectivity index (χ1v) is 6.94. The number of aromatic nitrogens is 1. The molecule has 104 valence electrons. The average molecular weight is 274 g/mol. The summed E-state index contributed by atoms with van der Waals surface area (Å²) in [6.45, 7) is 3.66. The Morgan fingerprint density at radius 3 is 2.62 bits per heavy atom. The molecule has 0 saturated heterocycles. The van der Waals surface area contributed by atoms with Crippen LogP contribution in [-0.4, -0.2) is 4.57 Å². The third kappa shape index (κ3) is 2.36. The quantitative estimate of drug-likeness (QED) is 0.546. The molecule has 0 aliphatic rings. The lowest BCUT2D eigenvalue weighted by atomic mass is 10.1. The topological polar surface area (TPSA) is 30.9 Å². The van der Waals surface area contributed by atoms with Gasteiger partial charge in [-0.3, -0.25) is 0 Å². The van der Waals surface area contributed by atoms with Crippen LogP contribution in [0.5, 0.6) is 0 Å². The smallest absolute Gasteiger partial charge is 0.0509 e. The number of fused-ring (bicyclic) bond motifs is 3. The lowest BCUT2D eigenvalue weighted by Crippen LogP contribution is -1.88. The number of nitrogens with two attached hydrogens (primary N) is 1. The van der Waals surface area contributed by atoms with Crippen molar-refractivity contribution in [3.05, 3.63) is 72.8 Å². The molecule has 2 N–H and O–H groups in total. The Bertz CT molecular complexity index is 879. The molecule has 2 aromatic carbocycles. The molecule has 21 heavy (non-hydrogen) atoms. The zero-order chi connectivity index (χ0) is 14.8. The van der Waals surface area contributed by atoms with Crippen LogP contribution < -0.4 is 5.73 Å². The van der Waals surface area contributed by atoms with E-state index in [-0.39, 0.29) is 0 Å². The van der Waals surface area contributed by atoms with Crippen LogP contribution in [0, 0.1) is 0 Å². The van der Waals surface area contributed by atoms with E-state index < -0.39 is 0 Å². The van der Waals surface area contributed by atoms with Gasteiger partial charge in [0.2, 0.25) is 0 Å². The van der Waals surface area contributed by atoms with E-state index in [1.54, 1.807) is 6.08 Å². The largest absolute Gasteiger partial charge is 0.399 e. The van der Waals surface area contributed by atoms with Crippen LogP contribution >= 0.6 is 0 Å². The van der Waals surface area contributed by atoms with Crippen molar-refractivity contribution in [1.29, 1.82) is 0 Å². The number of hydrogen-bond acceptors (Lipinski definition) is 1. The molecule has 0 atom stereocenters. The molecular weight excluding hydrogens is 256 g/mol. The highest BCUT2D eigenvalue weighted by atomic mass is 14.9. The zero-order valence-electron chi connectivity index (χ0n) is 12.1. The van der Waals surface area contributed by atoms with E-state index in [1.165, 1.54) is 21.9 Å². The van der Waals surface area contributed by atoms with Crippen LogP contribution in [0.15, 0.2) is 67.3 Å². The molecule has 1 aromatic heterocycles. The molecule has 0 radical (unpaired) electrons. The summed E-state index contributed by atoms with van der Waals surface area (Å²) in [4.78, 5) is 0. The molecule has 0 fully saturated rings. The van der Waals surface area contributed by atoms with Crippen molar-refractivity contribution >= 4 is 33.6 Å². The molecule has 2 nitrogen and oxygen atoms in total. The molecule has 0 saturated carbocycles. The Labute approximate surface area is 124 Å². The Balaban J connectivity index is 2.17. The Morgan fingerprint density at radius 1 is 0.952 bits per heavy atom. The maximum absolute atomic E-state index is 5.90. The molecule has 0 aliphatic heterocycles. The van der Waals surface area contributed by atoms with Crippen molar-refractivity contribution in [2.75, 3.05) is 5.73 Å². The molecule has 3 aromatic rings. The van der Waals surface area contributed by atoms with E-state index >= 15 is 0 Å². The van der Waals surface area contributed by atoms with Crippen molar-refractivity contribution in [2.24, 2.45) is 7.05 Å². The zero-order valence-corrected chi connectivity index (χ0v) is 12.1. The summed E-state index contributed by atoms with van der Waals surface area (Å²) in [5, 5.41) is 2.49. The molecule has 1 heterocycles. The number of anilines is 1. The first-order valence-electron chi connectivity index (χ1n) is 6.94. The summed E-state index contributed by atoms with van der Waals surface area (Å²) in [6.07, 6.45) is 9.76. The van der Waals surface area contributed by atoms with Gasteiger partial charge in [0.1, 0.15) is 0 Å². The van der Waals surface area contributed by atoms with Crippen molar-refractivity contribution in [3.8, 4) is 0 Å². The normalized spacial score (nSPS) is 12.0. The van der Waals surface area contributed by atoms with Crippen LogP contribution in [-0.2, 0) is 7.05 Å². The van der Waals surface area contributed by atoms with Gasteiger partial charge in [-0.1, -0.05) is 49.1 Å². The van der Waals surface area contributed by atoms with E-state index in [4.69, 9.17) is 5.73 Å². The van der Waals surface area contributed by atoms with E-state index in [0.717, 1.165) is 11.2 Å². The van der Waals surface area contributed by atoms with Crippen molar-refractivity contribution in [3.63, 3.8) is 0 Å². The first-order chi connectivity index (χ1) is 10.2. The van der Waals surface area contributed by atoms with Gasteiger partial charge in [-0.25, -0.2) is 0 Å². The van der Waals surface area contributed by atoms with Crippen LogP contribution in [0.25, 0.3) is 27.9 Å². The number of hydrogen-bond donors (Lipinski definition) is 1. The van der Waals surface area contributed by atoms with Gasteiger partial charge in [0.05, 0.1) is 5.52 Å². The van der Waals surface area contributed by atoms with Gasteiger partial charge in [-0.2, -0.15) is 0 Å². The molecule has 0 bridgehead atoms. The maximum Gasteiger partial charge on any atom is 0.0509 e. The fourth-order valence-corrected chi connectivity index (χ4v) is 2.66. The van der Waals surface area contributed by atoms with Gasteiger partial charge < -0.3 is 10.3 Å². The summed E-state index contributed by atoms with van der Waals surface area (Å²) in [5.74, 6) is 0. The number of rotatable bonds is 3. The van der Waals surface area contributed by atoms with Crippen molar-refractivity contribution in [2.45, 2.75) is 0 Å². The fourth-order valence-electron chi connectivity index (χ4n) is 2.66. The average Bonchev–Trinajstić information content (AvgIpc) is 2.76. The van der Waals surface area contributed by atoms with Crippen LogP contribution in [0.1, 0.15) is 5.56 Å². The van der Waals surface area contributed by atoms with Crippen LogP contribution in [0.4, 0.5) is 5.69 Å². The highest BCUT2D eigenvalue weighted by Crippen LogP contribution is 2.30. The minimum absolute atomic E-state index is 0.795. The molecular formula is C19H18N2. The highest BCUT2D eigenvalue weighted by Gasteiger charge is 2.08.